The van der Waals surface area contributed by atoms with Crippen molar-refractivity contribution in [2.45, 2.75) is 12.8 Å². The van der Waals surface area contributed by atoms with Crippen LogP contribution in [0, 0.1) is 5.41 Å². The molecule has 106 valence electrons. The lowest BCUT2D eigenvalue weighted by Gasteiger charge is -2.11. The summed E-state index contributed by atoms with van der Waals surface area (Å²) >= 11 is 1.42. The average Bonchev–Trinajstić information content (AvgIpc) is 2.86. The first-order valence-corrected chi connectivity index (χ1v) is 7.33. The molecule has 0 bridgehead atoms. The van der Waals surface area contributed by atoms with Gasteiger partial charge >= 0.3 is 0 Å². The van der Waals surface area contributed by atoms with Crippen LogP contribution in [0.2, 0.25) is 0 Å². The summed E-state index contributed by atoms with van der Waals surface area (Å²) in [6.45, 7) is 0.646. The number of aliphatic hydroxyl groups is 1. The number of thiazole rings is 1. The number of nitrogens with zero attached hydrogens (tertiary/aromatic N) is 3. The smallest absolute Gasteiger partial charge is 0.270 e. The monoisotopic (exact) mass is 292 g/mol. The Labute approximate surface area is 120 Å². The maximum Gasteiger partial charge on any atom is 0.270 e. The van der Waals surface area contributed by atoms with Gasteiger partial charge in [-0.2, -0.15) is 5.10 Å². The van der Waals surface area contributed by atoms with Crippen molar-refractivity contribution in [1.82, 2.24) is 20.1 Å². The number of aliphatic hydroxyl groups excluding tert-OH is 1. The summed E-state index contributed by atoms with van der Waals surface area (Å²) in [6.07, 6.45) is 5.54. The van der Waals surface area contributed by atoms with Crippen LogP contribution < -0.4 is 5.32 Å². The molecule has 2 heterocycles. The third kappa shape index (κ3) is 2.59. The largest absolute Gasteiger partial charge is 0.396 e. The Bertz CT molecular complexity index is 630. The summed E-state index contributed by atoms with van der Waals surface area (Å²) < 4.78 is 1.70. The predicted molar refractivity (Wildman–Crippen MR) is 75.4 cm³/mol. The zero-order chi connectivity index (χ0) is 14.2. The van der Waals surface area contributed by atoms with E-state index in [1.807, 2.05) is 13.2 Å². The van der Waals surface area contributed by atoms with Gasteiger partial charge in [0.25, 0.3) is 5.91 Å². The summed E-state index contributed by atoms with van der Waals surface area (Å²) in [5.41, 5.74) is 1.24. The fourth-order valence-corrected chi connectivity index (χ4v) is 2.74. The van der Waals surface area contributed by atoms with Crippen LogP contribution in [-0.2, 0) is 7.05 Å². The SMILES string of the molecule is Cn1cc(-c2nc(C(=O)NCC3(CO)CC3)cs2)cn1. The zero-order valence-electron chi connectivity index (χ0n) is 11.2. The Kier molecular flexibility index (Phi) is 3.31. The van der Waals surface area contributed by atoms with Gasteiger partial charge in [-0.1, -0.05) is 0 Å². The Hall–Kier alpha value is -1.73. The molecule has 2 aromatic rings. The van der Waals surface area contributed by atoms with Crippen LogP contribution in [0.5, 0.6) is 0 Å². The summed E-state index contributed by atoms with van der Waals surface area (Å²) in [6, 6.07) is 0. The molecule has 20 heavy (non-hydrogen) atoms. The Balaban J connectivity index is 1.65. The molecule has 6 nitrogen and oxygen atoms in total. The van der Waals surface area contributed by atoms with Gasteiger partial charge < -0.3 is 10.4 Å². The third-order valence-electron chi connectivity index (χ3n) is 3.61. The van der Waals surface area contributed by atoms with E-state index in [9.17, 15) is 9.90 Å². The molecule has 2 aromatic heterocycles. The van der Waals surface area contributed by atoms with Gasteiger partial charge in [0.1, 0.15) is 10.7 Å². The van der Waals surface area contributed by atoms with Crippen LogP contribution in [0.15, 0.2) is 17.8 Å². The van der Waals surface area contributed by atoms with Crippen molar-refractivity contribution in [2.24, 2.45) is 12.5 Å². The maximum absolute atomic E-state index is 12.0. The van der Waals surface area contributed by atoms with Crippen LogP contribution in [0.3, 0.4) is 0 Å². The summed E-state index contributed by atoms with van der Waals surface area (Å²) in [7, 11) is 1.84. The Morgan fingerprint density at radius 1 is 1.60 bits per heavy atom. The zero-order valence-corrected chi connectivity index (χ0v) is 12.0. The Morgan fingerprint density at radius 3 is 3.00 bits per heavy atom. The minimum Gasteiger partial charge on any atom is -0.396 e. The molecular formula is C13H16N4O2S. The number of aryl methyl sites for hydroxylation is 1. The molecule has 0 atom stereocenters. The normalized spacial score (nSPS) is 16.1. The van der Waals surface area contributed by atoms with Crippen molar-refractivity contribution in [2.75, 3.05) is 13.2 Å². The van der Waals surface area contributed by atoms with Crippen LogP contribution in [0.4, 0.5) is 0 Å². The number of hydrogen-bond donors (Lipinski definition) is 2. The first-order chi connectivity index (χ1) is 9.62. The highest BCUT2D eigenvalue weighted by Crippen LogP contribution is 2.44. The molecule has 1 aliphatic carbocycles. The molecule has 0 radical (unpaired) electrons. The van der Waals surface area contributed by atoms with E-state index in [0.29, 0.717) is 12.2 Å². The van der Waals surface area contributed by atoms with E-state index >= 15 is 0 Å². The van der Waals surface area contributed by atoms with Gasteiger partial charge in [-0.15, -0.1) is 11.3 Å². The third-order valence-corrected chi connectivity index (χ3v) is 4.50. The van der Waals surface area contributed by atoms with Crippen LogP contribution in [0.25, 0.3) is 10.6 Å². The van der Waals surface area contributed by atoms with E-state index in [-0.39, 0.29) is 17.9 Å². The van der Waals surface area contributed by atoms with Crippen molar-refractivity contribution < 1.29 is 9.90 Å². The van der Waals surface area contributed by atoms with Crippen molar-refractivity contribution in [3.8, 4) is 10.6 Å². The molecule has 7 heteroatoms. The van der Waals surface area contributed by atoms with Gasteiger partial charge in [0, 0.05) is 36.1 Å². The molecule has 2 N–H and O–H groups in total. The topological polar surface area (TPSA) is 80.0 Å². The highest BCUT2D eigenvalue weighted by molar-refractivity contribution is 7.13. The van der Waals surface area contributed by atoms with Gasteiger partial charge in [0.05, 0.1) is 12.8 Å². The first kappa shape index (κ1) is 13.3. The number of amides is 1. The van der Waals surface area contributed by atoms with Gasteiger partial charge in [-0.05, 0) is 12.8 Å². The molecule has 0 saturated heterocycles. The van der Waals surface area contributed by atoms with E-state index < -0.39 is 0 Å². The van der Waals surface area contributed by atoms with Crippen molar-refractivity contribution in [1.29, 1.82) is 0 Å². The number of rotatable bonds is 5. The molecule has 0 aliphatic heterocycles. The van der Waals surface area contributed by atoms with Gasteiger partial charge in [-0.3, -0.25) is 9.48 Å². The molecule has 1 amide bonds. The summed E-state index contributed by atoms with van der Waals surface area (Å²) in [4.78, 5) is 16.3. The fourth-order valence-electron chi connectivity index (χ4n) is 1.97. The lowest BCUT2D eigenvalue weighted by atomic mass is 10.1. The van der Waals surface area contributed by atoms with Crippen LogP contribution in [0.1, 0.15) is 23.3 Å². The molecule has 1 aliphatic rings. The Morgan fingerprint density at radius 2 is 2.40 bits per heavy atom. The van der Waals surface area contributed by atoms with E-state index in [1.165, 1.54) is 11.3 Å². The standard InChI is InChI=1S/C13H16N4O2S/c1-17-5-9(4-15-17)12-16-10(6-20-12)11(19)14-7-13(8-18)2-3-13/h4-6,18H,2-3,7-8H2,1H3,(H,14,19). The molecule has 1 saturated carbocycles. The molecule has 0 spiro atoms. The van der Waals surface area contributed by atoms with Gasteiger partial charge in [0.2, 0.25) is 0 Å². The quantitative estimate of drug-likeness (QED) is 0.863. The highest BCUT2D eigenvalue weighted by Gasteiger charge is 2.42. The highest BCUT2D eigenvalue weighted by atomic mass is 32.1. The molecular weight excluding hydrogens is 276 g/mol. The summed E-state index contributed by atoms with van der Waals surface area (Å²) in [5, 5.41) is 18.7. The van der Waals surface area contributed by atoms with Crippen LogP contribution >= 0.6 is 11.3 Å². The number of carbonyl (C=O) groups excluding carboxylic acids is 1. The lowest BCUT2D eigenvalue weighted by Crippen LogP contribution is -2.32. The van der Waals surface area contributed by atoms with E-state index in [2.05, 4.69) is 15.4 Å². The molecule has 3 rings (SSSR count). The number of aromatic nitrogens is 3. The van der Waals surface area contributed by atoms with Gasteiger partial charge in [0.15, 0.2) is 0 Å². The second-order valence-electron chi connectivity index (χ2n) is 5.28. The molecule has 0 aromatic carbocycles. The van der Waals surface area contributed by atoms with Gasteiger partial charge in [-0.25, -0.2) is 4.98 Å². The predicted octanol–water partition coefficient (Wildman–Crippen LogP) is 1.05. The number of nitrogens with one attached hydrogen (secondary N) is 1. The minimum atomic E-state index is -0.184. The average molecular weight is 292 g/mol. The molecule has 1 fully saturated rings. The fraction of sp³-hybridized carbons (Fsp3) is 0.462. The molecule has 0 unspecified atom stereocenters. The number of carbonyl (C=O) groups is 1. The maximum atomic E-state index is 12.0. The van der Waals surface area contributed by atoms with Crippen LogP contribution in [-0.4, -0.2) is 38.9 Å². The van der Waals surface area contributed by atoms with E-state index in [1.54, 1.807) is 16.3 Å². The second-order valence-corrected chi connectivity index (χ2v) is 6.14. The minimum absolute atomic E-state index is 0.0855. The number of hydrogen-bond acceptors (Lipinski definition) is 5. The second kappa shape index (κ2) is 4.99. The first-order valence-electron chi connectivity index (χ1n) is 6.45. The summed E-state index contributed by atoms with van der Waals surface area (Å²) in [5.74, 6) is -0.184. The van der Waals surface area contributed by atoms with Crippen molar-refractivity contribution >= 4 is 17.2 Å². The van der Waals surface area contributed by atoms with E-state index in [0.717, 1.165) is 23.4 Å². The van der Waals surface area contributed by atoms with Crippen molar-refractivity contribution in [3.63, 3.8) is 0 Å². The lowest BCUT2D eigenvalue weighted by molar-refractivity contribution is 0.0931. The van der Waals surface area contributed by atoms with Crippen molar-refractivity contribution in [3.05, 3.63) is 23.5 Å². The van der Waals surface area contributed by atoms with E-state index in [4.69, 9.17) is 0 Å².